The maximum Gasteiger partial charge on any atom is 0.0205 e. The van der Waals surface area contributed by atoms with Crippen molar-refractivity contribution in [3.8, 4) is 12.3 Å². The van der Waals surface area contributed by atoms with Gasteiger partial charge in [0.15, 0.2) is 0 Å². The summed E-state index contributed by atoms with van der Waals surface area (Å²) < 4.78 is 0. The molecule has 0 aromatic carbocycles. The van der Waals surface area contributed by atoms with Crippen LogP contribution in [0.25, 0.3) is 0 Å². The number of terminal acetylenes is 1. The topological polar surface area (TPSA) is 0 Å². The molecule has 0 saturated carbocycles. The van der Waals surface area contributed by atoms with E-state index in [-0.39, 0.29) is 0 Å². The molecular formula is C11H20. The number of hydrogen-bond acceptors (Lipinski definition) is 0. The van der Waals surface area contributed by atoms with Crippen molar-refractivity contribution in [2.24, 2.45) is 17.8 Å². The first-order chi connectivity index (χ1) is 5.06. The van der Waals surface area contributed by atoms with E-state index in [0.717, 1.165) is 11.8 Å². The van der Waals surface area contributed by atoms with Gasteiger partial charge in [-0.15, -0.1) is 12.3 Å². The maximum absolute atomic E-state index is 5.42. The summed E-state index contributed by atoms with van der Waals surface area (Å²) in [4.78, 5) is 0. The molecule has 0 radical (unpaired) electrons. The van der Waals surface area contributed by atoms with Crippen LogP contribution in [0.4, 0.5) is 0 Å². The first kappa shape index (κ1) is 10.6. The zero-order valence-electron chi connectivity index (χ0n) is 8.22. The zero-order valence-corrected chi connectivity index (χ0v) is 8.22. The Hall–Kier alpha value is -0.440. The smallest absolute Gasteiger partial charge is 0.0205 e. The second-order valence-electron chi connectivity index (χ2n) is 4.12. The maximum atomic E-state index is 5.42. The summed E-state index contributed by atoms with van der Waals surface area (Å²) >= 11 is 0. The molecule has 0 aliphatic heterocycles. The van der Waals surface area contributed by atoms with Crippen LogP contribution in [0, 0.1) is 30.1 Å². The standard InChI is InChI=1S/C11H20/c1-6-11(7-9(2)3)8-10(4)5/h1,9-11H,7-8H2,2-5H3. The van der Waals surface area contributed by atoms with E-state index in [1.165, 1.54) is 12.8 Å². The van der Waals surface area contributed by atoms with E-state index in [2.05, 4.69) is 33.6 Å². The first-order valence-corrected chi connectivity index (χ1v) is 4.52. The lowest BCUT2D eigenvalue weighted by Crippen LogP contribution is -2.05. The van der Waals surface area contributed by atoms with E-state index in [1.807, 2.05) is 0 Å². The fraction of sp³-hybridized carbons (Fsp3) is 0.818. The van der Waals surface area contributed by atoms with E-state index in [4.69, 9.17) is 6.42 Å². The highest BCUT2D eigenvalue weighted by Crippen LogP contribution is 2.18. The van der Waals surface area contributed by atoms with Gasteiger partial charge in [0.25, 0.3) is 0 Å². The van der Waals surface area contributed by atoms with Crippen LogP contribution >= 0.6 is 0 Å². The molecular weight excluding hydrogens is 132 g/mol. The van der Waals surface area contributed by atoms with Crippen LogP contribution in [0.2, 0.25) is 0 Å². The molecule has 0 unspecified atom stereocenters. The fourth-order valence-corrected chi connectivity index (χ4v) is 1.37. The van der Waals surface area contributed by atoms with Crippen molar-refractivity contribution in [2.75, 3.05) is 0 Å². The van der Waals surface area contributed by atoms with Gasteiger partial charge in [-0.05, 0) is 24.7 Å². The molecule has 0 aliphatic rings. The van der Waals surface area contributed by atoms with E-state index < -0.39 is 0 Å². The summed E-state index contributed by atoms with van der Waals surface area (Å²) in [6.07, 6.45) is 7.77. The molecule has 0 spiro atoms. The van der Waals surface area contributed by atoms with Gasteiger partial charge in [-0.25, -0.2) is 0 Å². The van der Waals surface area contributed by atoms with Gasteiger partial charge < -0.3 is 0 Å². The van der Waals surface area contributed by atoms with Gasteiger partial charge in [0.2, 0.25) is 0 Å². The van der Waals surface area contributed by atoms with Crippen molar-refractivity contribution in [1.82, 2.24) is 0 Å². The third-order valence-corrected chi connectivity index (χ3v) is 1.75. The van der Waals surface area contributed by atoms with Crippen LogP contribution in [0.15, 0.2) is 0 Å². The Morgan fingerprint density at radius 3 is 1.55 bits per heavy atom. The molecule has 0 aromatic rings. The average Bonchev–Trinajstić information content (AvgIpc) is 1.84. The van der Waals surface area contributed by atoms with Crippen molar-refractivity contribution < 1.29 is 0 Å². The lowest BCUT2D eigenvalue weighted by Gasteiger charge is -2.14. The quantitative estimate of drug-likeness (QED) is 0.542. The number of rotatable bonds is 4. The SMILES string of the molecule is C#CC(CC(C)C)CC(C)C. The van der Waals surface area contributed by atoms with Crippen molar-refractivity contribution in [3.05, 3.63) is 0 Å². The zero-order chi connectivity index (χ0) is 8.85. The first-order valence-electron chi connectivity index (χ1n) is 4.52. The van der Waals surface area contributed by atoms with Gasteiger partial charge >= 0.3 is 0 Å². The van der Waals surface area contributed by atoms with Crippen LogP contribution < -0.4 is 0 Å². The number of hydrogen-bond donors (Lipinski definition) is 0. The molecule has 11 heavy (non-hydrogen) atoms. The minimum atomic E-state index is 0.495. The monoisotopic (exact) mass is 152 g/mol. The lowest BCUT2D eigenvalue weighted by atomic mass is 9.90. The van der Waals surface area contributed by atoms with Gasteiger partial charge in [0.05, 0.1) is 0 Å². The Bertz CT molecular complexity index is 115. The molecule has 0 saturated heterocycles. The molecule has 0 atom stereocenters. The summed E-state index contributed by atoms with van der Waals surface area (Å²) in [6.45, 7) is 8.91. The van der Waals surface area contributed by atoms with Crippen LogP contribution in [0.1, 0.15) is 40.5 Å². The van der Waals surface area contributed by atoms with Gasteiger partial charge in [-0.1, -0.05) is 27.7 Å². The minimum Gasteiger partial charge on any atom is -0.120 e. The van der Waals surface area contributed by atoms with Gasteiger partial charge in [0, 0.05) is 5.92 Å². The van der Waals surface area contributed by atoms with Crippen LogP contribution in [0.5, 0.6) is 0 Å². The van der Waals surface area contributed by atoms with E-state index >= 15 is 0 Å². The Morgan fingerprint density at radius 1 is 1.00 bits per heavy atom. The molecule has 0 nitrogen and oxygen atoms in total. The minimum absolute atomic E-state index is 0.495. The van der Waals surface area contributed by atoms with Gasteiger partial charge in [0.1, 0.15) is 0 Å². The summed E-state index contributed by atoms with van der Waals surface area (Å²) in [5.74, 6) is 4.82. The third-order valence-electron chi connectivity index (χ3n) is 1.75. The molecule has 0 aliphatic carbocycles. The van der Waals surface area contributed by atoms with Crippen LogP contribution in [-0.4, -0.2) is 0 Å². The largest absolute Gasteiger partial charge is 0.120 e. The summed E-state index contributed by atoms with van der Waals surface area (Å²) in [6, 6.07) is 0. The van der Waals surface area contributed by atoms with Crippen molar-refractivity contribution in [2.45, 2.75) is 40.5 Å². The third kappa shape index (κ3) is 5.98. The molecule has 0 bridgehead atoms. The summed E-state index contributed by atoms with van der Waals surface area (Å²) in [5.41, 5.74) is 0. The Kier molecular flexibility index (Phi) is 5.03. The highest BCUT2D eigenvalue weighted by molar-refractivity contribution is 4.93. The predicted molar refractivity (Wildman–Crippen MR) is 51.2 cm³/mol. The second-order valence-corrected chi connectivity index (χ2v) is 4.12. The van der Waals surface area contributed by atoms with Crippen molar-refractivity contribution >= 4 is 0 Å². The highest BCUT2D eigenvalue weighted by Gasteiger charge is 2.08. The Labute approximate surface area is 71.4 Å². The van der Waals surface area contributed by atoms with E-state index in [1.54, 1.807) is 0 Å². The molecule has 0 heterocycles. The lowest BCUT2D eigenvalue weighted by molar-refractivity contribution is 0.411. The summed E-state index contributed by atoms with van der Waals surface area (Å²) in [5, 5.41) is 0. The van der Waals surface area contributed by atoms with E-state index in [0.29, 0.717) is 5.92 Å². The molecule has 0 amide bonds. The molecule has 0 fully saturated rings. The summed E-state index contributed by atoms with van der Waals surface area (Å²) in [7, 11) is 0. The molecule has 0 N–H and O–H groups in total. The van der Waals surface area contributed by atoms with Crippen LogP contribution in [-0.2, 0) is 0 Å². The predicted octanol–water partition coefficient (Wildman–Crippen LogP) is 3.33. The molecule has 64 valence electrons. The van der Waals surface area contributed by atoms with E-state index in [9.17, 15) is 0 Å². The fourth-order valence-electron chi connectivity index (χ4n) is 1.37. The molecule has 0 rings (SSSR count). The van der Waals surface area contributed by atoms with Gasteiger partial charge in [-0.3, -0.25) is 0 Å². The van der Waals surface area contributed by atoms with Crippen molar-refractivity contribution in [1.29, 1.82) is 0 Å². The Morgan fingerprint density at radius 2 is 1.36 bits per heavy atom. The highest BCUT2D eigenvalue weighted by atomic mass is 14.1. The normalized spacial score (nSPS) is 11.1. The molecule has 0 heteroatoms. The van der Waals surface area contributed by atoms with Crippen molar-refractivity contribution in [3.63, 3.8) is 0 Å². The average molecular weight is 152 g/mol. The van der Waals surface area contributed by atoms with Gasteiger partial charge in [-0.2, -0.15) is 0 Å². The second kappa shape index (κ2) is 5.24. The Balaban J connectivity index is 3.70. The van der Waals surface area contributed by atoms with Crippen LogP contribution in [0.3, 0.4) is 0 Å². The molecule has 0 aromatic heterocycles.